The first-order chi connectivity index (χ1) is 13.7. The van der Waals surface area contributed by atoms with Crippen LogP contribution in [-0.4, -0.2) is 20.9 Å². The van der Waals surface area contributed by atoms with Crippen LogP contribution in [0.4, 0.5) is 18.9 Å². The van der Waals surface area contributed by atoms with E-state index >= 15 is 0 Å². The fraction of sp³-hybridized carbons (Fsp3) is 0.100. The molecule has 1 aromatic heterocycles. The first-order valence-electron chi connectivity index (χ1n) is 8.46. The van der Waals surface area contributed by atoms with Crippen LogP contribution in [0.3, 0.4) is 0 Å². The van der Waals surface area contributed by atoms with Gasteiger partial charge in [0.05, 0.1) is 17.8 Å². The Balaban J connectivity index is 1.63. The maximum absolute atomic E-state index is 12.7. The van der Waals surface area contributed by atoms with Crippen LogP contribution >= 0.6 is 23.8 Å². The molecule has 0 atom stereocenters. The zero-order valence-corrected chi connectivity index (χ0v) is 16.2. The number of fused-ring (bicyclic) bond motifs is 1. The Bertz CT molecular complexity index is 1210. The molecule has 2 heterocycles. The summed E-state index contributed by atoms with van der Waals surface area (Å²) in [6, 6.07) is 10.1. The molecule has 0 aliphatic carbocycles. The summed E-state index contributed by atoms with van der Waals surface area (Å²) in [4.78, 5) is 7.22. The molecule has 3 aromatic rings. The summed E-state index contributed by atoms with van der Waals surface area (Å²) in [5, 5.41) is 11.2. The smallest absolute Gasteiger partial charge is 0.416 e. The number of nitrogens with one attached hydrogen (secondary N) is 1. The molecule has 1 aliphatic rings. The zero-order valence-electron chi connectivity index (χ0n) is 14.7. The molecule has 0 radical (unpaired) electrons. The van der Waals surface area contributed by atoms with Gasteiger partial charge in [-0.1, -0.05) is 29.8 Å². The minimum atomic E-state index is -4.40. The highest BCUT2D eigenvalue weighted by atomic mass is 35.5. The molecule has 2 aromatic carbocycles. The van der Waals surface area contributed by atoms with Gasteiger partial charge in [-0.25, -0.2) is 0 Å². The molecule has 0 amide bonds. The Hall–Kier alpha value is -2.84. The van der Waals surface area contributed by atoms with Gasteiger partial charge in [0.1, 0.15) is 5.69 Å². The molecule has 0 spiro atoms. The summed E-state index contributed by atoms with van der Waals surface area (Å²) in [6.07, 6.45) is -1.03. The zero-order chi connectivity index (χ0) is 20.8. The van der Waals surface area contributed by atoms with E-state index in [0.717, 1.165) is 29.0 Å². The summed E-state index contributed by atoms with van der Waals surface area (Å²) < 4.78 is 39.8. The topological polar surface area (TPSA) is 53.3 Å². The van der Waals surface area contributed by atoms with Gasteiger partial charge in [0.15, 0.2) is 4.77 Å². The first-order valence-corrected chi connectivity index (χ1v) is 9.24. The lowest BCUT2D eigenvalue weighted by Crippen LogP contribution is -2.05. The van der Waals surface area contributed by atoms with E-state index in [-0.39, 0.29) is 17.2 Å². The van der Waals surface area contributed by atoms with Crippen LogP contribution in [0.5, 0.6) is 5.88 Å². The third-order valence-electron chi connectivity index (χ3n) is 4.52. The van der Waals surface area contributed by atoms with Crippen LogP contribution in [0.2, 0.25) is 5.02 Å². The van der Waals surface area contributed by atoms with E-state index in [0.29, 0.717) is 16.3 Å². The van der Waals surface area contributed by atoms with Crippen LogP contribution in [-0.2, 0) is 12.7 Å². The molecule has 148 valence electrons. The number of aromatic nitrogens is 2. The summed E-state index contributed by atoms with van der Waals surface area (Å²) in [7, 11) is 0. The number of H-pyrrole nitrogens is 1. The predicted molar refractivity (Wildman–Crippen MR) is 109 cm³/mol. The van der Waals surface area contributed by atoms with Gasteiger partial charge in [0, 0.05) is 22.4 Å². The molecular formula is C20H13ClF3N3OS. The van der Waals surface area contributed by atoms with E-state index in [2.05, 4.69) is 9.98 Å². The molecule has 29 heavy (non-hydrogen) atoms. The second kappa shape index (κ2) is 7.20. The number of nitrogens with zero attached hydrogens (tertiary/aromatic N) is 2. The van der Waals surface area contributed by atoms with Crippen LogP contribution in [0.1, 0.15) is 22.4 Å². The van der Waals surface area contributed by atoms with Crippen molar-refractivity contribution in [2.75, 3.05) is 0 Å². The Morgan fingerprint density at radius 1 is 1.17 bits per heavy atom. The van der Waals surface area contributed by atoms with Crippen LogP contribution in [0.15, 0.2) is 47.5 Å². The van der Waals surface area contributed by atoms with E-state index in [1.54, 1.807) is 24.4 Å². The van der Waals surface area contributed by atoms with Crippen molar-refractivity contribution in [3.63, 3.8) is 0 Å². The van der Waals surface area contributed by atoms with Crippen molar-refractivity contribution < 1.29 is 18.3 Å². The highest BCUT2D eigenvalue weighted by Gasteiger charge is 2.30. The van der Waals surface area contributed by atoms with Crippen LogP contribution < -0.4 is 0 Å². The lowest BCUT2D eigenvalue weighted by Gasteiger charge is -2.08. The van der Waals surface area contributed by atoms with Crippen molar-refractivity contribution in [3.8, 4) is 5.88 Å². The van der Waals surface area contributed by atoms with Crippen LogP contribution in [0.25, 0.3) is 11.6 Å². The highest BCUT2D eigenvalue weighted by Crippen LogP contribution is 2.35. The lowest BCUT2D eigenvalue weighted by atomic mass is 10.1. The molecule has 1 aliphatic heterocycles. The normalized spacial score (nSPS) is 14.6. The van der Waals surface area contributed by atoms with E-state index in [9.17, 15) is 18.3 Å². The number of aliphatic imine (C=N–C) groups is 1. The number of rotatable bonds is 3. The second-order valence-electron chi connectivity index (χ2n) is 6.47. The molecule has 4 nitrogen and oxygen atoms in total. The van der Waals surface area contributed by atoms with E-state index in [4.69, 9.17) is 23.8 Å². The van der Waals surface area contributed by atoms with Gasteiger partial charge in [-0.15, -0.1) is 0 Å². The molecule has 9 heteroatoms. The number of aromatic amines is 1. The Kier molecular flexibility index (Phi) is 4.84. The third kappa shape index (κ3) is 3.86. The van der Waals surface area contributed by atoms with E-state index < -0.39 is 11.7 Å². The summed E-state index contributed by atoms with van der Waals surface area (Å²) in [5.41, 5.74) is 2.59. The average Bonchev–Trinajstić information content (AvgIpc) is 3.17. The first kappa shape index (κ1) is 19.5. The van der Waals surface area contributed by atoms with Gasteiger partial charge in [-0.3, -0.25) is 9.56 Å². The molecule has 0 bridgehead atoms. The standard InChI is InChI=1S/C20H13ClF3N3OS/c21-14-5-6-15-12(9-25-16(15)8-14)7-17-18(28)27(19(29)26-17)10-11-1-3-13(4-2-11)20(22,23)24/h1-9,28H,10H2,(H,26,29)/b12-7+. The predicted octanol–water partition coefficient (Wildman–Crippen LogP) is 6.23. The van der Waals surface area contributed by atoms with Gasteiger partial charge >= 0.3 is 6.18 Å². The third-order valence-corrected chi connectivity index (χ3v) is 5.08. The van der Waals surface area contributed by atoms with E-state index in [1.165, 1.54) is 16.7 Å². The summed E-state index contributed by atoms with van der Waals surface area (Å²) >= 11 is 11.2. The molecule has 0 unspecified atom stereocenters. The van der Waals surface area contributed by atoms with Gasteiger partial charge in [-0.2, -0.15) is 13.2 Å². The van der Waals surface area contributed by atoms with E-state index in [1.807, 2.05) is 6.07 Å². The fourth-order valence-electron chi connectivity index (χ4n) is 3.04. The minimum Gasteiger partial charge on any atom is -0.493 e. The number of benzene rings is 2. The van der Waals surface area contributed by atoms with Crippen molar-refractivity contribution in [2.24, 2.45) is 4.99 Å². The summed E-state index contributed by atoms with van der Waals surface area (Å²) in [5.74, 6) is -0.113. The van der Waals surface area contributed by atoms with Gasteiger partial charge < -0.3 is 10.1 Å². The van der Waals surface area contributed by atoms with Crippen molar-refractivity contribution in [3.05, 3.63) is 74.6 Å². The molecule has 0 saturated carbocycles. The van der Waals surface area contributed by atoms with Crippen molar-refractivity contribution in [2.45, 2.75) is 12.7 Å². The Morgan fingerprint density at radius 3 is 2.59 bits per heavy atom. The van der Waals surface area contributed by atoms with Gasteiger partial charge in [-0.05, 0) is 48.1 Å². The monoisotopic (exact) mass is 435 g/mol. The molecule has 2 N–H and O–H groups in total. The minimum absolute atomic E-state index is 0.113. The average molecular weight is 436 g/mol. The Morgan fingerprint density at radius 2 is 1.90 bits per heavy atom. The molecule has 0 saturated heterocycles. The van der Waals surface area contributed by atoms with Crippen LogP contribution in [0, 0.1) is 4.77 Å². The second-order valence-corrected chi connectivity index (χ2v) is 7.29. The molecular weight excluding hydrogens is 423 g/mol. The van der Waals surface area contributed by atoms with Crippen molar-refractivity contribution >= 4 is 47.4 Å². The maximum atomic E-state index is 12.7. The largest absolute Gasteiger partial charge is 0.493 e. The Labute approximate surface area is 173 Å². The highest BCUT2D eigenvalue weighted by molar-refractivity contribution is 7.71. The van der Waals surface area contributed by atoms with Crippen molar-refractivity contribution in [1.29, 1.82) is 0 Å². The maximum Gasteiger partial charge on any atom is 0.416 e. The number of hydrogen-bond acceptors (Lipinski definition) is 3. The quantitative estimate of drug-likeness (QED) is 0.479. The number of halogens is 4. The number of alkyl halides is 3. The SMILES string of the molecule is Oc1c(/C=C2\C=Nc3cc(Cl)ccc32)[nH]c(=S)n1Cc1ccc(C(F)(F)F)cc1. The number of hydrogen-bond donors (Lipinski definition) is 2. The van der Waals surface area contributed by atoms with Gasteiger partial charge in [0.2, 0.25) is 5.88 Å². The van der Waals surface area contributed by atoms with Crippen molar-refractivity contribution in [1.82, 2.24) is 9.55 Å². The number of aromatic hydroxyl groups is 1. The summed E-state index contributed by atoms with van der Waals surface area (Å²) in [6.45, 7) is 0.128. The fourth-order valence-corrected chi connectivity index (χ4v) is 3.47. The van der Waals surface area contributed by atoms with Gasteiger partial charge in [0.25, 0.3) is 0 Å². The number of allylic oxidation sites excluding steroid dienone is 1. The number of imidazole rings is 1. The molecule has 0 fully saturated rings. The lowest BCUT2D eigenvalue weighted by molar-refractivity contribution is -0.137. The molecule has 4 rings (SSSR count).